The van der Waals surface area contributed by atoms with E-state index in [0.29, 0.717) is 5.76 Å². The van der Waals surface area contributed by atoms with Crippen molar-refractivity contribution >= 4 is 23.2 Å². The first kappa shape index (κ1) is 17.2. The van der Waals surface area contributed by atoms with Crippen molar-refractivity contribution in [2.45, 2.75) is 13.8 Å². The first-order chi connectivity index (χ1) is 13.2. The van der Waals surface area contributed by atoms with Crippen LogP contribution in [0.5, 0.6) is 0 Å². The van der Waals surface area contributed by atoms with E-state index in [4.69, 9.17) is 9.41 Å². The third-order valence-corrected chi connectivity index (χ3v) is 4.78. The molecule has 0 aliphatic carbocycles. The fourth-order valence-corrected chi connectivity index (χ4v) is 3.44. The summed E-state index contributed by atoms with van der Waals surface area (Å²) in [5, 5.41) is 6.70. The molecule has 0 aliphatic heterocycles. The smallest absolute Gasteiger partial charge is 0.211 e. The van der Waals surface area contributed by atoms with Crippen LogP contribution in [0.3, 0.4) is 0 Å². The first-order valence-corrected chi connectivity index (χ1v) is 9.40. The van der Waals surface area contributed by atoms with E-state index in [-0.39, 0.29) is 0 Å². The van der Waals surface area contributed by atoms with Crippen LogP contribution < -0.4 is 4.80 Å². The Morgan fingerprint density at radius 2 is 1.93 bits per heavy atom. The van der Waals surface area contributed by atoms with E-state index in [1.165, 1.54) is 16.9 Å². The summed E-state index contributed by atoms with van der Waals surface area (Å²) in [7, 11) is 0. The van der Waals surface area contributed by atoms with Gasteiger partial charge in [0.2, 0.25) is 4.80 Å². The predicted molar refractivity (Wildman–Crippen MR) is 108 cm³/mol. The van der Waals surface area contributed by atoms with Crippen LogP contribution in [0, 0.1) is 13.8 Å². The van der Waals surface area contributed by atoms with Gasteiger partial charge in [-0.25, -0.2) is 9.67 Å². The molecule has 0 radical (unpaired) electrons. The van der Waals surface area contributed by atoms with E-state index in [9.17, 15) is 0 Å². The van der Waals surface area contributed by atoms with E-state index in [0.717, 1.165) is 27.5 Å². The molecule has 3 heterocycles. The van der Waals surface area contributed by atoms with Crippen LogP contribution in [0.4, 0.5) is 5.69 Å². The summed E-state index contributed by atoms with van der Waals surface area (Å²) in [6.07, 6.45) is 5.17. The van der Waals surface area contributed by atoms with Crippen molar-refractivity contribution < 1.29 is 4.42 Å². The molecule has 0 fully saturated rings. The van der Waals surface area contributed by atoms with Crippen LogP contribution in [-0.4, -0.2) is 15.9 Å². The molecule has 6 heteroatoms. The summed E-state index contributed by atoms with van der Waals surface area (Å²) in [6, 6.07) is 16.0. The molecule has 4 aromatic rings. The molecular formula is C21H18N4OS. The fraction of sp³-hybridized carbons (Fsp3) is 0.0952. The van der Waals surface area contributed by atoms with E-state index in [2.05, 4.69) is 46.7 Å². The van der Waals surface area contributed by atoms with E-state index in [1.807, 2.05) is 35.9 Å². The number of nitrogens with zero attached hydrogens (tertiary/aromatic N) is 4. The fourth-order valence-electron chi connectivity index (χ4n) is 2.58. The topological polar surface area (TPSA) is 55.7 Å². The van der Waals surface area contributed by atoms with Crippen LogP contribution in [0.1, 0.15) is 17.1 Å². The highest BCUT2D eigenvalue weighted by Crippen LogP contribution is 2.21. The third kappa shape index (κ3) is 3.96. The molecule has 0 saturated heterocycles. The molecule has 0 aliphatic rings. The second-order valence-corrected chi connectivity index (χ2v) is 6.93. The van der Waals surface area contributed by atoms with E-state index in [1.54, 1.807) is 18.6 Å². The minimum atomic E-state index is 0.702. The highest BCUT2D eigenvalue weighted by atomic mass is 32.1. The normalized spacial score (nSPS) is 12.1. The van der Waals surface area contributed by atoms with Gasteiger partial charge in [0.15, 0.2) is 0 Å². The van der Waals surface area contributed by atoms with Crippen LogP contribution in [0.2, 0.25) is 0 Å². The quantitative estimate of drug-likeness (QED) is 0.475. The van der Waals surface area contributed by atoms with Gasteiger partial charge >= 0.3 is 0 Å². The zero-order chi connectivity index (χ0) is 18.6. The van der Waals surface area contributed by atoms with Crippen molar-refractivity contribution in [2.24, 2.45) is 10.1 Å². The minimum absolute atomic E-state index is 0.702. The number of hydrogen-bond donors (Lipinski definition) is 0. The maximum absolute atomic E-state index is 5.60. The Kier molecular flexibility index (Phi) is 4.80. The van der Waals surface area contributed by atoms with Crippen molar-refractivity contribution in [2.75, 3.05) is 0 Å². The average Bonchev–Trinajstić information content (AvgIpc) is 3.27. The van der Waals surface area contributed by atoms with Crippen LogP contribution in [0.25, 0.3) is 11.3 Å². The lowest BCUT2D eigenvalue weighted by Gasteiger charge is -2.04. The number of aromatic nitrogens is 2. The second-order valence-electron chi connectivity index (χ2n) is 6.10. The van der Waals surface area contributed by atoms with Crippen molar-refractivity contribution in [3.8, 4) is 11.3 Å². The SMILES string of the molecule is Cc1ccc(-c2csc(=Nc3cccnc3)n2N=Cc2ccc(C)o2)cc1. The molecule has 0 atom stereocenters. The Labute approximate surface area is 161 Å². The third-order valence-electron chi connectivity index (χ3n) is 3.96. The second kappa shape index (κ2) is 7.55. The van der Waals surface area contributed by atoms with Gasteiger partial charge in [-0.1, -0.05) is 29.8 Å². The minimum Gasteiger partial charge on any atom is -0.460 e. The number of rotatable bonds is 4. The van der Waals surface area contributed by atoms with Gasteiger partial charge in [-0.2, -0.15) is 5.10 Å². The van der Waals surface area contributed by atoms with Crippen LogP contribution in [0.15, 0.2) is 80.8 Å². The largest absolute Gasteiger partial charge is 0.460 e. The van der Waals surface area contributed by atoms with Crippen molar-refractivity contribution in [1.29, 1.82) is 0 Å². The molecule has 27 heavy (non-hydrogen) atoms. The molecular weight excluding hydrogens is 356 g/mol. The van der Waals surface area contributed by atoms with Crippen molar-refractivity contribution in [1.82, 2.24) is 9.66 Å². The summed E-state index contributed by atoms with van der Waals surface area (Å²) in [5.41, 5.74) is 4.06. The highest BCUT2D eigenvalue weighted by molar-refractivity contribution is 7.07. The Bertz CT molecular complexity index is 1130. The number of benzene rings is 1. The standard InChI is InChI=1S/C21H18N4OS/c1-15-5-8-17(9-6-15)20-14-27-21(24-18-4-3-11-22-12-18)25(20)23-13-19-10-7-16(2)26-19/h3-14H,1-2H3. The number of aryl methyl sites for hydroxylation is 2. The zero-order valence-corrected chi connectivity index (χ0v) is 15.9. The van der Waals surface area contributed by atoms with Gasteiger partial charge in [-0.15, -0.1) is 11.3 Å². The van der Waals surface area contributed by atoms with Gasteiger partial charge in [0.1, 0.15) is 11.5 Å². The Morgan fingerprint density at radius 3 is 2.63 bits per heavy atom. The lowest BCUT2D eigenvalue weighted by Crippen LogP contribution is -2.11. The van der Waals surface area contributed by atoms with Gasteiger partial charge in [0.05, 0.1) is 23.8 Å². The Hall–Kier alpha value is -3.25. The van der Waals surface area contributed by atoms with Crippen molar-refractivity contribution in [3.05, 3.63) is 88.2 Å². The Morgan fingerprint density at radius 1 is 1.07 bits per heavy atom. The molecule has 134 valence electrons. The maximum atomic E-state index is 5.60. The van der Waals surface area contributed by atoms with Gasteiger partial charge in [0, 0.05) is 17.1 Å². The lowest BCUT2D eigenvalue weighted by atomic mass is 10.1. The van der Waals surface area contributed by atoms with Crippen LogP contribution in [-0.2, 0) is 0 Å². The van der Waals surface area contributed by atoms with Crippen molar-refractivity contribution in [3.63, 3.8) is 0 Å². The number of thiazole rings is 1. The van der Waals surface area contributed by atoms with Gasteiger partial charge in [-0.3, -0.25) is 4.98 Å². The number of hydrogen-bond acceptors (Lipinski definition) is 5. The van der Waals surface area contributed by atoms with Gasteiger partial charge in [-0.05, 0) is 38.1 Å². The molecule has 0 unspecified atom stereocenters. The molecule has 5 nitrogen and oxygen atoms in total. The molecule has 1 aromatic carbocycles. The molecule has 0 amide bonds. The molecule has 0 N–H and O–H groups in total. The first-order valence-electron chi connectivity index (χ1n) is 8.52. The summed E-state index contributed by atoms with van der Waals surface area (Å²) in [6.45, 7) is 3.99. The average molecular weight is 374 g/mol. The summed E-state index contributed by atoms with van der Waals surface area (Å²) in [4.78, 5) is 9.59. The zero-order valence-electron chi connectivity index (χ0n) is 15.0. The number of pyridine rings is 1. The van der Waals surface area contributed by atoms with E-state index < -0.39 is 0 Å². The summed E-state index contributed by atoms with van der Waals surface area (Å²) < 4.78 is 7.43. The summed E-state index contributed by atoms with van der Waals surface area (Å²) >= 11 is 1.53. The molecule has 0 saturated carbocycles. The Balaban J connectivity index is 1.83. The maximum Gasteiger partial charge on any atom is 0.211 e. The summed E-state index contributed by atoms with van der Waals surface area (Å²) in [5.74, 6) is 1.55. The predicted octanol–water partition coefficient (Wildman–Crippen LogP) is 4.94. The molecule has 0 spiro atoms. The number of furan rings is 1. The lowest BCUT2D eigenvalue weighted by molar-refractivity contribution is 0.527. The highest BCUT2D eigenvalue weighted by Gasteiger charge is 2.08. The molecule has 4 rings (SSSR count). The molecule has 0 bridgehead atoms. The monoisotopic (exact) mass is 374 g/mol. The van der Waals surface area contributed by atoms with Gasteiger partial charge < -0.3 is 4.42 Å². The van der Waals surface area contributed by atoms with Gasteiger partial charge in [0.25, 0.3) is 0 Å². The van der Waals surface area contributed by atoms with Crippen LogP contribution >= 0.6 is 11.3 Å². The molecule has 3 aromatic heterocycles. The van der Waals surface area contributed by atoms with E-state index >= 15 is 0 Å².